The van der Waals surface area contributed by atoms with Crippen molar-refractivity contribution in [1.82, 2.24) is 9.38 Å². The van der Waals surface area contributed by atoms with Crippen LogP contribution in [0, 0.1) is 0 Å². The maximum Gasteiger partial charge on any atom is 0.275 e. The van der Waals surface area contributed by atoms with Gasteiger partial charge < -0.3 is 14.6 Å². The van der Waals surface area contributed by atoms with Crippen molar-refractivity contribution in [2.45, 2.75) is 13.8 Å². The van der Waals surface area contributed by atoms with Gasteiger partial charge in [0.05, 0.1) is 5.69 Å². The van der Waals surface area contributed by atoms with Crippen LogP contribution in [-0.4, -0.2) is 28.4 Å². The van der Waals surface area contributed by atoms with Crippen LogP contribution in [0.5, 0.6) is 0 Å². The normalized spacial score (nSPS) is 10.7. The number of nitrogens with zero attached hydrogens (tertiary/aromatic N) is 3. The molecule has 1 amide bonds. The molecule has 0 saturated carbocycles. The molecule has 3 rings (SSSR count). The van der Waals surface area contributed by atoms with Crippen LogP contribution in [0.25, 0.3) is 5.65 Å². The molecule has 0 spiro atoms. The molecule has 5 nitrogen and oxygen atoms in total. The van der Waals surface area contributed by atoms with Crippen LogP contribution < -0.4 is 10.2 Å². The van der Waals surface area contributed by atoms with Gasteiger partial charge in [0.2, 0.25) is 0 Å². The van der Waals surface area contributed by atoms with E-state index < -0.39 is 0 Å². The number of aromatic nitrogens is 2. The molecule has 0 fully saturated rings. The summed E-state index contributed by atoms with van der Waals surface area (Å²) < 4.78 is 1.90. The Morgan fingerprint density at radius 2 is 1.83 bits per heavy atom. The Hall–Kier alpha value is -2.82. The molecule has 2 aromatic heterocycles. The summed E-state index contributed by atoms with van der Waals surface area (Å²) in [5.41, 5.74) is 3.05. The van der Waals surface area contributed by atoms with Crippen molar-refractivity contribution < 1.29 is 4.79 Å². The Labute approximate surface area is 135 Å². The Bertz CT molecular complexity index is 806. The monoisotopic (exact) mass is 308 g/mol. The third-order valence-electron chi connectivity index (χ3n) is 3.83. The molecule has 23 heavy (non-hydrogen) atoms. The molecule has 0 aliphatic carbocycles. The summed E-state index contributed by atoms with van der Waals surface area (Å²) in [5, 5.41) is 2.85. The average molecular weight is 308 g/mol. The standard InChI is InChI=1S/C18H20N4O/c1-3-21(4-2)15-10-11-17-20-16(13-22(17)12-15)18(23)19-14-8-6-5-7-9-14/h5-13H,3-4H2,1-2H3,(H,19,23). The molecular formula is C18H20N4O. The summed E-state index contributed by atoms with van der Waals surface area (Å²) in [5.74, 6) is -0.204. The minimum Gasteiger partial charge on any atom is -0.371 e. The maximum atomic E-state index is 12.3. The van der Waals surface area contributed by atoms with Crippen LogP contribution in [0.15, 0.2) is 54.9 Å². The second kappa shape index (κ2) is 6.52. The third-order valence-corrected chi connectivity index (χ3v) is 3.83. The van der Waals surface area contributed by atoms with E-state index in [-0.39, 0.29) is 5.91 Å². The van der Waals surface area contributed by atoms with E-state index in [9.17, 15) is 4.79 Å². The van der Waals surface area contributed by atoms with Crippen molar-refractivity contribution in [3.63, 3.8) is 0 Å². The topological polar surface area (TPSA) is 49.6 Å². The minimum atomic E-state index is -0.204. The number of carbonyl (C=O) groups is 1. The lowest BCUT2D eigenvalue weighted by molar-refractivity contribution is 0.102. The van der Waals surface area contributed by atoms with Gasteiger partial charge in [0, 0.05) is 31.2 Å². The fraction of sp³-hybridized carbons (Fsp3) is 0.222. The second-order valence-electron chi connectivity index (χ2n) is 5.27. The Morgan fingerprint density at radius 3 is 2.52 bits per heavy atom. The van der Waals surface area contributed by atoms with E-state index in [0.29, 0.717) is 5.69 Å². The van der Waals surface area contributed by atoms with Gasteiger partial charge >= 0.3 is 0 Å². The molecule has 0 bridgehead atoms. The number of hydrogen-bond donors (Lipinski definition) is 1. The highest BCUT2D eigenvalue weighted by Crippen LogP contribution is 2.17. The highest BCUT2D eigenvalue weighted by Gasteiger charge is 2.12. The van der Waals surface area contributed by atoms with Crippen LogP contribution >= 0.6 is 0 Å². The number of carbonyl (C=O) groups excluding carboxylic acids is 1. The minimum absolute atomic E-state index is 0.204. The van der Waals surface area contributed by atoms with Crippen molar-refractivity contribution in [3.05, 3.63) is 60.6 Å². The van der Waals surface area contributed by atoms with Crippen LogP contribution in [-0.2, 0) is 0 Å². The highest BCUT2D eigenvalue weighted by atomic mass is 16.1. The zero-order valence-corrected chi connectivity index (χ0v) is 13.4. The van der Waals surface area contributed by atoms with E-state index in [4.69, 9.17) is 0 Å². The summed E-state index contributed by atoms with van der Waals surface area (Å²) in [4.78, 5) is 19.0. The van der Waals surface area contributed by atoms with Crippen LogP contribution in [0.4, 0.5) is 11.4 Å². The van der Waals surface area contributed by atoms with E-state index in [1.807, 2.05) is 53.1 Å². The molecule has 0 atom stereocenters. The number of nitrogens with one attached hydrogen (secondary N) is 1. The average Bonchev–Trinajstić information content (AvgIpc) is 3.00. The number of benzene rings is 1. The van der Waals surface area contributed by atoms with Gasteiger partial charge in [0.25, 0.3) is 5.91 Å². The molecule has 0 saturated heterocycles. The van der Waals surface area contributed by atoms with E-state index in [0.717, 1.165) is 30.1 Å². The number of anilines is 2. The summed E-state index contributed by atoms with van der Waals surface area (Å²) in [7, 11) is 0. The van der Waals surface area contributed by atoms with Crippen molar-refractivity contribution in [3.8, 4) is 0 Å². The van der Waals surface area contributed by atoms with E-state index in [2.05, 4.69) is 29.0 Å². The molecule has 0 radical (unpaired) electrons. The molecule has 0 aliphatic rings. The lowest BCUT2D eigenvalue weighted by Gasteiger charge is -2.20. The third kappa shape index (κ3) is 3.18. The van der Waals surface area contributed by atoms with Crippen molar-refractivity contribution >= 4 is 22.9 Å². The van der Waals surface area contributed by atoms with Gasteiger partial charge in [-0.1, -0.05) is 18.2 Å². The Kier molecular flexibility index (Phi) is 4.28. The SMILES string of the molecule is CCN(CC)c1ccc2nc(C(=O)Nc3ccccc3)cn2c1. The number of amides is 1. The van der Waals surface area contributed by atoms with Crippen molar-refractivity contribution in [2.75, 3.05) is 23.3 Å². The number of para-hydroxylation sites is 1. The largest absolute Gasteiger partial charge is 0.371 e. The van der Waals surface area contributed by atoms with Gasteiger partial charge in [0.1, 0.15) is 11.3 Å². The van der Waals surface area contributed by atoms with Gasteiger partial charge in [-0.05, 0) is 38.1 Å². The fourth-order valence-electron chi connectivity index (χ4n) is 2.58. The predicted octanol–water partition coefficient (Wildman–Crippen LogP) is 3.43. The first kappa shape index (κ1) is 15.1. The van der Waals surface area contributed by atoms with Gasteiger partial charge in [-0.15, -0.1) is 0 Å². The Balaban J connectivity index is 1.86. The molecule has 1 N–H and O–H groups in total. The first-order chi connectivity index (χ1) is 11.2. The highest BCUT2D eigenvalue weighted by molar-refractivity contribution is 6.03. The zero-order valence-electron chi connectivity index (χ0n) is 13.4. The quantitative estimate of drug-likeness (QED) is 0.785. The number of pyridine rings is 1. The van der Waals surface area contributed by atoms with Crippen LogP contribution in [0.3, 0.4) is 0 Å². The van der Waals surface area contributed by atoms with Gasteiger partial charge in [-0.25, -0.2) is 4.98 Å². The molecule has 0 unspecified atom stereocenters. The molecule has 3 aromatic rings. The zero-order chi connectivity index (χ0) is 16.2. The number of fused-ring (bicyclic) bond motifs is 1. The number of imidazole rings is 1. The summed E-state index contributed by atoms with van der Waals surface area (Å²) in [6.45, 7) is 6.14. The van der Waals surface area contributed by atoms with E-state index >= 15 is 0 Å². The van der Waals surface area contributed by atoms with Crippen LogP contribution in [0.2, 0.25) is 0 Å². The van der Waals surface area contributed by atoms with Gasteiger partial charge in [-0.3, -0.25) is 4.79 Å². The molecule has 1 aromatic carbocycles. The maximum absolute atomic E-state index is 12.3. The fourth-order valence-corrected chi connectivity index (χ4v) is 2.58. The van der Waals surface area contributed by atoms with Crippen molar-refractivity contribution in [1.29, 1.82) is 0 Å². The molecule has 118 valence electrons. The molecule has 2 heterocycles. The van der Waals surface area contributed by atoms with Gasteiger partial charge in [-0.2, -0.15) is 0 Å². The van der Waals surface area contributed by atoms with Crippen LogP contribution in [0.1, 0.15) is 24.3 Å². The predicted molar refractivity (Wildman–Crippen MR) is 93.1 cm³/mol. The lowest BCUT2D eigenvalue weighted by Crippen LogP contribution is -2.21. The first-order valence-electron chi connectivity index (χ1n) is 7.81. The van der Waals surface area contributed by atoms with E-state index in [1.54, 1.807) is 6.20 Å². The first-order valence-corrected chi connectivity index (χ1v) is 7.81. The van der Waals surface area contributed by atoms with E-state index in [1.165, 1.54) is 0 Å². The number of rotatable bonds is 5. The second-order valence-corrected chi connectivity index (χ2v) is 5.27. The molecular weight excluding hydrogens is 288 g/mol. The van der Waals surface area contributed by atoms with Crippen molar-refractivity contribution in [2.24, 2.45) is 0 Å². The summed E-state index contributed by atoms with van der Waals surface area (Å²) >= 11 is 0. The smallest absolute Gasteiger partial charge is 0.275 e. The molecule has 5 heteroatoms. The Morgan fingerprint density at radius 1 is 1.09 bits per heavy atom. The molecule has 0 aliphatic heterocycles. The van der Waals surface area contributed by atoms with Gasteiger partial charge in [0.15, 0.2) is 0 Å². The number of hydrogen-bond acceptors (Lipinski definition) is 3. The lowest BCUT2D eigenvalue weighted by atomic mass is 10.3. The summed E-state index contributed by atoms with van der Waals surface area (Å²) in [6.07, 6.45) is 3.77. The summed E-state index contributed by atoms with van der Waals surface area (Å²) in [6, 6.07) is 13.4.